The van der Waals surface area contributed by atoms with Crippen LogP contribution in [0.4, 0.5) is 0 Å². The number of rotatable bonds is 4. The zero-order chi connectivity index (χ0) is 12.3. The van der Waals surface area contributed by atoms with Crippen molar-refractivity contribution in [1.29, 1.82) is 0 Å². The molecule has 17 heavy (non-hydrogen) atoms. The summed E-state index contributed by atoms with van der Waals surface area (Å²) in [5.41, 5.74) is 1.32. The molecule has 0 amide bonds. The van der Waals surface area contributed by atoms with E-state index in [1.165, 1.54) is 16.3 Å². The monoisotopic (exact) mass is 266 g/mol. The van der Waals surface area contributed by atoms with Crippen molar-refractivity contribution in [2.75, 3.05) is 5.88 Å². The van der Waals surface area contributed by atoms with Crippen LogP contribution in [0.1, 0.15) is 18.9 Å². The van der Waals surface area contributed by atoms with Crippen LogP contribution >= 0.6 is 23.2 Å². The normalized spacial score (nSPS) is 14.8. The van der Waals surface area contributed by atoms with Crippen molar-refractivity contribution < 1.29 is 0 Å². The van der Waals surface area contributed by atoms with Gasteiger partial charge in [-0.15, -0.1) is 23.2 Å². The predicted molar refractivity (Wildman–Crippen MR) is 77.2 cm³/mol. The van der Waals surface area contributed by atoms with Crippen LogP contribution in [-0.2, 0) is 6.42 Å². The van der Waals surface area contributed by atoms with E-state index in [4.69, 9.17) is 23.2 Å². The van der Waals surface area contributed by atoms with E-state index >= 15 is 0 Å². The van der Waals surface area contributed by atoms with Gasteiger partial charge in [0.1, 0.15) is 0 Å². The molecule has 2 rings (SSSR count). The van der Waals surface area contributed by atoms with E-state index < -0.39 is 0 Å². The first-order valence-electron chi connectivity index (χ1n) is 5.83. The fraction of sp³-hybridized carbons (Fsp3) is 0.333. The molecule has 0 aliphatic rings. The quantitative estimate of drug-likeness (QED) is 0.683. The van der Waals surface area contributed by atoms with E-state index in [1.54, 1.807) is 0 Å². The smallest absolute Gasteiger partial charge is 0.0556 e. The van der Waals surface area contributed by atoms with Crippen molar-refractivity contribution in [3.05, 3.63) is 48.0 Å². The molecule has 0 heterocycles. The zero-order valence-corrected chi connectivity index (χ0v) is 11.4. The molecule has 2 aromatic rings. The van der Waals surface area contributed by atoms with Crippen molar-refractivity contribution in [2.45, 2.75) is 24.6 Å². The lowest BCUT2D eigenvalue weighted by Crippen LogP contribution is -2.19. The summed E-state index contributed by atoms with van der Waals surface area (Å²) in [5, 5.41) is 2.56. The molecule has 0 spiro atoms. The van der Waals surface area contributed by atoms with E-state index in [0.717, 1.165) is 12.8 Å². The van der Waals surface area contributed by atoms with Crippen LogP contribution in [0.2, 0.25) is 0 Å². The highest BCUT2D eigenvalue weighted by atomic mass is 35.5. The molecule has 1 atom stereocenters. The summed E-state index contributed by atoms with van der Waals surface area (Å²) in [5.74, 6) is 0.488. The van der Waals surface area contributed by atoms with Gasteiger partial charge in [0.2, 0.25) is 0 Å². The maximum Gasteiger partial charge on any atom is 0.0556 e. The van der Waals surface area contributed by atoms with Crippen LogP contribution in [-0.4, -0.2) is 10.8 Å². The number of alkyl halides is 2. The highest BCUT2D eigenvalue weighted by molar-refractivity contribution is 6.30. The molecule has 0 saturated carbocycles. The Bertz CT molecular complexity index is 503. The molecule has 0 aliphatic carbocycles. The summed E-state index contributed by atoms with van der Waals surface area (Å²) in [6.07, 6.45) is 1.87. The van der Waals surface area contributed by atoms with Gasteiger partial charge >= 0.3 is 0 Å². The summed E-state index contributed by atoms with van der Waals surface area (Å²) in [6, 6.07) is 15.0. The molecule has 0 aliphatic heterocycles. The Morgan fingerprint density at radius 2 is 1.76 bits per heavy atom. The van der Waals surface area contributed by atoms with Crippen molar-refractivity contribution >= 4 is 34.0 Å². The molecule has 0 radical (unpaired) electrons. The van der Waals surface area contributed by atoms with Gasteiger partial charge in [0, 0.05) is 5.88 Å². The molecule has 2 aromatic carbocycles. The third-order valence-corrected chi connectivity index (χ3v) is 4.08. The van der Waals surface area contributed by atoms with E-state index in [2.05, 4.69) is 42.5 Å². The Morgan fingerprint density at radius 1 is 1.06 bits per heavy atom. The second-order valence-corrected chi connectivity index (χ2v) is 5.91. The molecule has 0 bridgehead atoms. The van der Waals surface area contributed by atoms with Gasteiger partial charge in [-0.25, -0.2) is 0 Å². The molecule has 0 N–H and O–H groups in total. The van der Waals surface area contributed by atoms with Gasteiger partial charge in [-0.3, -0.25) is 0 Å². The second-order valence-electron chi connectivity index (χ2n) is 4.73. The number of benzene rings is 2. The maximum atomic E-state index is 6.26. The lowest BCUT2D eigenvalue weighted by molar-refractivity contribution is 0.633. The molecule has 0 aromatic heterocycles. The summed E-state index contributed by atoms with van der Waals surface area (Å²) < 4.78 is 0. The average Bonchev–Trinajstić information content (AvgIpc) is 2.36. The number of hydrogen-bond donors (Lipinski definition) is 0. The van der Waals surface area contributed by atoms with Crippen molar-refractivity contribution in [3.8, 4) is 0 Å². The molecule has 90 valence electrons. The molecular formula is C15H16Cl2. The standard InChI is InChI=1S/C15H16Cl2/c1-15(17,11-16)9-8-12-6-7-13-4-2-3-5-14(13)10-12/h2-7,10H,8-9,11H2,1H3. The van der Waals surface area contributed by atoms with Crippen molar-refractivity contribution in [2.24, 2.45) is 0 Å². The minimum absolute atomic E-state index is 0.298. The molecule has 0 nitrogen and oxygen atoms in total. The van der Waals surface area contributed by atoms with E-state index in [9.17, 15) is 0 Å². The topological polar surface area (TPSA) is 0 Å². The van der Waals surface area contributed by atoms with Gasteiger partial charge in [0.15, 0.2) is 0 Å². The Balaban J connectivity index is 2.14. The highest BCUT2D eigenvalue weighted by Gasteiger charge is 2.18. The van der Waals surface area contributed by atoms with Gasteiger partial charge in [-0.1, -0.05) is 42.5 Å². The summed E-state index contributed by atoms with van der Waals surface area (Å²) in [4.78, 5) is -0.298. The summed E-state index contributed by atoms with van der Waals surface area (Å²) in [6.45, 7) is 1.99. The average molecular weight is 267 g/mol. The fourth-order valence-electron chi connectivity index (χ4n) is 1.87. The zero-order valence-electron chi connectivity index (χ0n) is 9.92. The van der Waals surface area contributed by atoms with Crippen molar-refractivity contribution in [1.82, 2.24) is 0 Å². The number of halogens is 2. The van der Waals surface area contributed by atoms with Gasteiger partial charge in [0.05, 0.1) is 4.87 Å². The Labute approximate surface area is 113 Å². The van der Waals surface area contributed by atoms with Gasteiger partial charge in [-0.05, 0) is 36.1 Å². The summed E-state index contributed by atoms with van der Waals surface area (Å²) in [7, 11) is 0. The molecule has 0 saturated heterocycles. The molecule has 2 heteroatoms. The van der Waals surface area contributed by atoms with Crippen LogP contribution in [0.3, 0.4) is 0 Å². The van der Waals surface area contributed by atoms with Crippen molar-refractivity contribution in [3.63, 3.8) is 0 Å². The Kier molecular flexibility index (Phi) is 3.96. The van der Waals surface area contributed by atoms with Crippen LogP contribution in [0.15, 0.2) is 42.5 Å². The lowest BCUT2D eigenvalue weighted by Gasteiger charge is -2.18. The number of fused-ring (bicyclic) bond motifs is 1. The third-order valence-electron chi connectivity index (χ3n) is 3.03. The first-order valence-corrected chi connectivity index (χ1v) is 6.74. The summed E-state index contributed by atoms with van der Waals surface area (Å²) >= 11 is 12.1. The number of hydrogen-bond acceptors (Lipinski definition) is 0. The number of aryl methyl sites for hydroxylation is 1. The maximum absolute atomic E-state index is 6.26. The highest BCUT2D eigenvalue weighted by Crippen LogP contribution is 2.24. The van der Waals surface area contributed by atoms with Gasteiger partial charge in [-0.2, -0.15) is 0 Å². The van der Waals surface area contributed by atoms with E-state index in [-0.39, 0.29) is 4.87 Å². The van der Waals surface area contributed by atoms with E-state index in [0.29, 0.717) is 5.88 Å². The second kappa shape index (κ2) is 5.29. The Hall–Kier alpha value is -0.720. The fourth-order valence-corrected chi connectivity index (χ4v) is 2.09. The van der Waals surface area contributed by atoms with E-state index in [1.807, 2.05) is 6.92 Å². The minimum Gasteiger partial charge on any atom is -0.125 e. The van der Waals surface area contributed by atoms with Crippen LogP contribution < -0.4 is 0 Å². The minimum atomic E-state index is -0.298. The first kappa shape index (κ1) is 12.7. The first-order chi connectivity index (χ1) is 8.11. The molecule has 0 fully saturated rings. The predicted octanol–water partition coefficient (Wildman–Crippen LogP) is 5.01. The van der Waals surface area contributed by atoms with Gasteiger partial charge in [0.25, 0.3) is 0 Å². The van der Waals surface area contributed by atoms with Crippen LogP contribution in [0.25, 0.3) is 10.8 Å². The molecule has 1 unspecified atom stereocenters. The SMILES string of the molecule is CC(Cl)(CCl)CCc1ccc2ccccc2c1. The van der Waals surface area contributed by atoms with Crippen LogP contribution in [0.5, 0.6) is 0 Å². The lowest BCUT2D eigenvalue weighted by atomic mass is 9.99. The Morgan fingerprint density at radius 3 is 2.47 bits per heavy atom. The van der Waals surface area contributed by atoms with Gasteiger partial charge < -0.3 is 0 Å². The third kappa shape index (κ3) is 3.37. The molecular weight excluding hydrogens is 251 g/mol. The largest absolute Gasteiger partial charge is 0.125 e. The van der Waals surface area contributed by atoms with Crippen LogP contribution in [0, 0.1) is 0 Å².